The van der Waals surface area contributed by atoms with Crippen molar-refractivity contribution >= 4 is 29.1 Å². The van der Waals surface area contributed by atoms with Gasteiger partial charge in [-0.1, -0.05) is 41.4 Å². The van der Waals surface area contributed by atoms with Gasteiger partial charge >= 0.3 is 0 Å². The van der Waals surface area contributed by atoms with Gasteiger partial charge in [0.2, 0.25) is 11.8 Å². The highest BCUT2D eigenvalue weighted by Crippen LogP contribution is 2.18. The lowest BCUT2D eigenvalue weighted by atomic mass is 10.1. The van der Waals surface area contributed by atoms with Crippen molar-refractivity contribution in [3.8, 4) is 0 Å². The Kier molecular flexibility index (Phi) is 7.39. The molecule has 2 atom stereocenters. The van der Waals surface area contributed by atoms with Crippen LogP contribution in [0.4, 0.5) is 5.69 Å². The molecule has 0 saturated carbocycles. The summed E-state index contributed by atoms with van der Waals surface area (Å²) in [6.07, 6.45) is 0. The topological polar surface area (TPSA) is 61.4 Å². The lowest BCUT2D eigenvalue weighted by Crippen LogP contribution is -2.46. The summed E-state index contributed by atoms with van der Waals surface area (Å²) in [4.78, 5) is 26.2. The minimum absolute atomic E-state index is 0.00965. The number of carbonyl (C=O) groups excluding carboxylic acids is 2. The molecule has 0 heterocycles. The summed E-state index contributed by atoms with van der Waals surface area (Å²) in [5.74, 6) is -0.382. The second kappa shape index (κ2) is 9.53. The van der Waals surface area contributed by atoms with Gasteiger partial charge in [0.1, 0.15) is 0 Å². The molecule has 0 aliphatic heterocycles. The number of halogens is 1. The largest absolute Gasteiger partial charge is 0.335 e. The van der Waals surface area contributed by atoms with E-state index in [0.717, 1.165) is 11.1 Å². The predicted octanol–water partition coefficient (Wildman–Crippen LogP) is 3.78. The van der Waals surface area contributed by atoms with Crippen LogP contribution in [0.15, 0.2) is 48.5 Å². The van der Waals surface area contributed by atoms with Crippen LogP contribution in [0.25, 0.3) is 0 Å². The molecule has 0 aromatic heterocycles. The normalized spacial score (nSPS) is 12.9. The fourth-order valence-electron chi connectivity index (χ4n) is 2.78. The molecule has 0 bridgehead atoms. The maximum Gasteiger partial charge on any atom is 0.243 e. The van der Waals surface area contributed by atoms with E-state index in [0.29, 0.717) is 10.7 Å². The molecule has 0 spiro atoms. The van der Waals surface area contributed by atoms with Crippen molar-refractivity contribution in [1.29, 1.82) is 0 Å². The number of hydrogen-bond acceptors (Lipinski definition) is 3. The van der Waals surface area contributed by atoms with Gasteiger partial charge in [0.05, 0.1) is 12.6 Å². The Bertz CT molecular complexity index is 792. The van der Waals surface area contributed by atoms with Crippen molar-refractivity contribution in [3.05, 3.63) is 64.7 Å². The van der Waals surface area contributed by atoms with Crippen LogP contribution in [-0.2, 0) is 9.59 Å². The molecule has 6 heteroatoms. The molecule has 144 valence electrons. The van der Waals surface area contributed by atoms with Crippen molar-refractivity contribution in [3.63, 3.8) is 0 Å². The van der Waals surface area contributed by atoms with Gasteiger partial charge < -0.3 is 10.2 Å². The van der Waals surface area contributed by atoms with Crippen LogP contribution >= 0.6 is 11.6 Å². The summed E-state index contributed by atoms with van der Waals surface area (Å²) >= 11 is 6.02. The van der Waals surface area contributed by atoms with E-state index in [-0.39, 0.29) is 24.4 Å². The van der Waals surface area contributed by atoms with Gasteiger partial charge in [-0.2, -0.15) is 0 Å². The van der Waals surface area contributed by atoms with Crippen LogP contribution in [0.1, 0.15) is 31.0 Å². The first-order valence-electron chi connectivity index (χ1n) is 8.89. The predicted molar refractivity (Wildman–Crippen MR) is 110 cm³/mol. The molecule has 0 aliphatic carbocycles. The molecule has 5 nitrogen and oxygen atoms in total. The van der Waals surface area contributed by atoms with E-state index in [4.69, 9.17) is 11.6 Å². The van der Waals surface area contributed by atoms with E-state index in [1.807, 2.05) is 62.4 Å². The number of nitrogens with zero attached hydrogens (tertiary/aromatic N) is 1. The molecular weight excluding hydrogens is 362 g/mol. The second-order valence-corrected chi connectivity index (χ2v) is 7.21. The fourth-order valence-corrected chi connectivity index (χ4v) is 2.98. The highest BCUT2D eigenvalue weighted by Gasteiger charge is 2.21. The van der Waals surface area contributed by atoms with Crippen molar-refractivity contribution < 1.29 is 9.59 Å². The quantitative estimate of drug-likeness (QED) is 0.759. The number of aryl methyl sites for hydroxylation is 1. The standard InChI is InChI=1S/C21H26ClN3O2/c1-14-8-10-19(11-9-14)24-20(26)13-25(4)21(27)16(3)23-15(2)17-6-5-7-18(22)12-17/h5-12,15-16,23H,13H2,1-4H3,(H,24,26)/t15-,16-/m1/s1. The number of rotatable bonds is 7. The van der Waals surface area contributed by atoms with E-state index in [1.54, 1.807) is 14.0 Å². The molecule has 0 fully saturated rings. The van der Waals surface area contributed by atoms with Gasteiger partial charge in [-0.25, -0.2) is 0 Å². The van der Waals surface area contributed by atoms with Gasteiger partial charge in [0.25, 0.3) is 0 Å². The average molecular weight is 388 g/mol. The van der Waals surface area contributed by atoms with Crippen LogP contribution in [0.3, 0.4) is 0 Å². The van der Waals surface area contributed by atoms with E-state index >= 15 is 0 Å². The van der Waals surface area contributed by atoms with E-state index in [9.17, 15) is 9.59 Å². The van der Waals surface area contributed by atoms with E-state index in [1.165, 1.54) is 4.90 Å². The van der Waals surface area contributed by atoms with Crippen LogP contribution in [0.2, 0.25) is 5.02 Å². The van der Waals surface area contributed by atoms with Gasteiger partial charge in [-0.3, -0.25) is 14.9 Å². The fraction of sp³-hybridized carbons (Fsp3) is 0.333. The van der Waals surface area contributed by atoms with Gasteiger partial charge in [0, 0.05) is 23.8 Å². The van der Waals surface area contributed by atoms with Crippen LogP contribution in [-0.4, -0.2) is 36.3 Å². The van der Waals surface area contributed by atoms with Crippen LogP contribution in [0.5, 0.6) is 0 Å². The third-order valence-corrected chi connectivity index (χ3v) is 4.55. The maximum absolute atomic E-state index is 12.6. The number of benzene rings is 2. The highest BCUT2D eigenvalue weighted by atomic mass is 35.5. The lowest BCUT2D eigenvalue weighted by molar-refractivity contribution is -0.135. The number of likely N-dealkylation sites (N-methyl/N-ethyl adjacent to an activating group) is 1. The van der Waals surface area contributed by atoms with Gasteiger partial charge in [-0.05, 0) is 50.6 Å². The Morgan fingerprint density at radius 1 is 1.11 bits per heavy atom. The second-order valence-electron chi connectivity index (χ2n) is 6.77. The van der Waals surface area contributed by atoms with Gasteiger partial charge in [-0.15, -0.1) is 0 Å². The number of anilines is 1. The monoisotopic (exact) mass is 387 g/mol. The van der Waals surface area contributed by atoms with Crippen LogP contribution in [0, 0.1) is 6.92 Å². The van der Waals surface area contributed by atoms with Gasteiger partial charge in [0.15, 0.2) is 0 Å². The molecule has 2 aromatic rings. The van der Waals surface area contributed by atoms with Crippen LogP contribution < -0.4 is 10.6 Å². The smallest absolute Gasteiger partial charge is 0.243 e. The summed E-state index contributed by atoms with van der Waals surface area (Å²) < 4.78 is 0. The summed E-state index contributed by atoms with van der Waals surface area (Å²) in [6, 6.07) is 14.6. The Labute approximate surface area is 165 Å². The SMILES string of the molecule is Cc1ccc(NC(=O)CN(C)C(=O)[C@@H](C)N[C@H](C)c2cccc(Cl)c2)cc1. The highest BCUT2D eigenvalue weighted by molar-refractivity contribution is 6.30. The molecule has 2 rings (SSSR count). The summed E-state index contributed by atoms with van der Waals surface area (Å²) in [6.45, 7) is 5.73. The maximum atomic E-state index is 12.6. The van der Waals surface area contributed by atoms with Crippen molar-refractivity contribution in [2.24, 2.45) is 0 Å². The molecule has 0 aliphatic rings. The lowest BCUT2D eigenvalue weighted by Gasteiger charge is -2.24. The Balaban J connectivity index is 1.87. The summed E-state index contributed by atoms with van der Waals surface area (Å²) in [5.41, 5.74) is 2.84. The molecule has 0 radical (unpaired) electrons. The molecule has 2 amide bonds. The van der Waals surface area contributed by atoms with E-state index in [2.05, 4.69) is 10.6 Å². The first-order chi connectivity index (χ1) is 12.8. The molecule has 0 saturated heterocycles. The minimum atomic E-state index is -0.434. The zero-order chi connectivity index (χ0) is 20.0. The summed E-state index contributed by atoms with van der Waals surface area (Å²) in [7, 11) is 1.62. The number of amides is 2. The first-order valence-corrected chi connectivity index (χ1v) is 9.27. The number of hydrogen-bond donors (Lipinski definition) is 2. The van der Waals surface area contributed by atoms with Crippen molar-refractivity contribution in [1.82, 2.24) is 10.2 Å². The Hall–Kier alpha value is -2.37. The van der Waals surface area contributed by atoms with Crippen molar-refractivity contribution in [2.45, 2.75) is 32.9 Å². The minimum Gasteiger partial charge on any atom is -0.335 e. The Morgan fingerprint density at radius 2 is 1.78 bits per heavy atom. The molecule has 27 heavy (non-hydrogen) atoms. The first kappa shape index (κ1) is 20.9. The molecule has 2 aromatic carbocycles. The van der Waals surface area contributed by atoms with Crippen molar-refractivity contribution in [2.75, 3.05) is 18.9 Å². The molecule has 0 unspecified atom stereocenters. The summed E-state index contributed by atoms with van der Waals surface area (Å²) in [5, 5.41) is 6.71. The number of nitrogens with one attached hydrogen (secondary N) is 2. The Morgan fingerprint density at radius 3 is 2.41 bits per heavy atom. The zero-order valence-corrected chi connectivity index (χ0v) is 16.9. The molecule has 2 N–H and O–H groups in total. The molecular formula is C21H26ClN3O2. The van der Waals surface area contributed by atoms with E-state index < -0.39 is 6.04 Å². The number of carbonyl (C=O) groups is 2. The third-order valence-electron chi connectivity index (χ3n) is 4.31. The average Bonchev–Trinajstić information content (AvgIpc) is 2.62. The zero-order valence-electron chi connectivity index (χ0n) is 16.1. The third kappa shape index (κ3) is 6.38.